The topological polar surface area (TPSA) is 52.6 Å². The number of hydrogen-bond acceptors (Lipinski definition) is 4. The molecule has 0 amide bonds. The van der Waals surface area contributed by atoms with Crippen molar-refractivity contribution in [3.63, 3.8) is 0 Å². The van der Waals surface area contributed by atoms with Gasteiger partial charge in [0.15, 0.2) is 0 Å². The molecule has 0 aliphatic rings. The van der Waals surface area contributed by atoms with E-state index in [1.807, 2.05) is 12.1 Å². The van der Waals surface area contributed by atoms with Crippen LogP contribution in [0.4, 0.5) is 0 Å². The van der Waals surface area contributed by atoms with Gasteiger partial charge >= 0.3 is 7.12 Å². The third-order valence-electron chi connectivity index (χ3n) is 2.61. The quantitative estimate of drug-likeness (QED) is 0.580. The van der Waals surface area contributed by atoms with Crippen LogP contribution in [0.25, 0.3) is 0 Å². The minimum Gasteiger partial charge on any atom is -0.532 e. The summed E-state index contributed by atoms with van der Waals surface area (Å²) in [5, 5.41) is 0. The van der Waals surface area contributed by atoms with Gasteiger partial charge < -0.3 is 4.65 Å². The summed E-state index contributed by atoms with van der Waals surface area (Å²) in [5.74, 6) is 0.259. The second-order valence-electron chi connectivity index (χ2n) is 4.28. The molecule has 4 nitrogen and oxygen atoms in total. The van der Waals surface area contributed by atoms with E-state index >= 15 is 0 Å². The molecule has 0 saturated carbocycles. The molecule has 108 valence electrons. The van der Waals surface area contributed by atoms with E-state index in [9.17, 15) is 8.42 Å². The van der Waals surface area contributed by atoms with Gasteiger partial charge in [0.25, 0.3) is 10.1 Å². The largest absolute Gasteiger partial charge is 0.577 e. The molecule has 0 aliphatic heterocycles. The van der Waals surface area contributed by atoms with Crippen LogP contribution < -0.4 is 10.1 Å². The lowest BCUT2D eigenvalue weighted by Crippen LogP contribution is -2.41. The van der Waals surface area contributed by atoms with Crippen LogP contribution in [-0.4, -0.2) is 21.3 Å². The highest BCUT2D eigenvalue weighted by Crippen LogP contribution is 2.11. The van der Waals surface area contributed by atoms with Crippen LogP contribution >= 0.6 is 0 Å². The van der Waals surface area contributed by atoms with Crippen LogP contribution in [0.1, 0.15) is 0 Å². The van der Waals surface area contributed by atoms with Crippen molar-refractivity contribution in [2.24, 2.45) is 0 Å². The fourth-order valence-corrected chi connectivity index (χ4v) is 2.48. The van der Waals surface area contributed by atoms with Crippen LogP contribution in [0.15, 0.2) is 73.3 Å². The van der Waals surface area contributed by atoms with Gasteiger partial charge in [-0.3, -0.25) is 4.10 Å². The van der Waals surface area contributed by atoms with E-state index in [1.54, 1.807) is 48.5 Å². The van der Waals surface area contributed by atoms with Crippen molar-refractivity contribution in [2.45, 2.75) is 0 Å². The minimum atomic E-state index is -3.74. The van der Waals surface area contributed by atoms with Crippen molar-refractivity contribution in [1.82, 2.24) is 0 Å². The molecule has 2 aromatic carbocycles. The molecule has 6 heteroatoms. The van der Waals surface area contributed by atoms with Crippen LogP contribution in [0.5, 0.6) is 5.75 Å². The first-order valence-corrected chi connectivity index (χ1v) is 7.97. The highest BCUT2D eigenvalue weighted by atomic mass is 32.2. The Morgan fingerprint density at radius 2 is 1.57 bits per heavy atom. The molecule has 21 heavy (non-hydrogen) atoms. The molecule has 0 bridgehead atoms. The Morgan fingerprint density at radius 1 is 1.00 bits per heavy atom. The number of para-hydroxylation sites is 1. The summed E-state index contributed by atoms with van der Waals surface area (Å²) < 4.78 is 34.5. The van der Waals surface area contributed by atoms with Crippen LogP contribution in [0, 0.1) is 0 Å². The SMILES string of the molecule is C=CCS(=O)(=O)OB(Oc1ccccc1)c1ccccc1. The smallest absolute Gasteiger partial charge is 0.532 e. The lowest BCUT2D eigenvalue weighted by atomic mass is 9.79. The molecule has 2 rings (SSSR count). The molecule has 0 spiro atoms. The molecular formula is C15H15BO4S. The molecular weight excluding hydrogens is 287 g/mol. The van der Waals surface area contributed by atoms with E-state index in [4.69, 9.17) is 8.75 Å². The van der Waals surface area contributed by atoms with Crippen molar-refractivity contribution in [3.8, 4) is 5.75 Å². The van der Waals surface area contributed by atoms with E-state index in [-0.39, 0.29) is 5.75 Å². The normalized spacial score (nSPS) is 10.9. The average Bonchev–Trinajstić information content (AvgIpc) is 2.48. The molecule has 2 aromatic rings. The van der Waals surface area contributed by atoms with E-state index in [1.165, 1.54) is 6.08 Å². The standard InChI is InChI=1S/C15H15BO4S/c1-2-13-21(17,18)20-16(14-9-5-3-6-10-14)19-15-11-7-4-8-12-15/h2-12H,1,13H2. The van der Waals surface area contributed by atoms with E-state index in [2.05, 4.69) is 6.58 Å². The summed E-state index contributed by atoms with van der Waals surface area (Å²) in [7, 11) is -4.77. The van der Waals surface area contributed by atoms with Crippen LogP contribution in [0.3, 0.4) is 0 Å². The van der Waals surface area contributed by atoms with Crippen molar-refractivity contribution in [2.75, 3.05) is 5.75 Å². The predicted molar refractivity (Wildman–Crippen MR) is 84.0 cm³/mol. The second kappa shape index (κ2) is 7.10. The lowest BCUT2D eigenvalue weighted by molar-refractivity contribution is 0.426. The number of hydrogen-bond donors (Lipinski definition) is 0. The summed E-state index contributed by atoms with van der Waals surface area (Å²) >= 11 is 0. The Morgan fingerprint density at radius 3 is 2.14 bits per heavy atom. The van der Waals surface area contributed by atoms with Crippen LogP contribution in [0.2, 0.25) is 0 Å². The van der Waals surface area contributed by atoms with Gasteiger partial charge in [-0.25, -0.2) is 8.42 Å². The van der Waals surface area contributed by atoms with E-state index in [0.717, 1.165) is 0 Å². The zero-order valence-corrected chi connectivity index (χ0v) is 12.2. The highest BCUT2D eigenvalue weighted by Gasteiger charge is 2.29. The number of rotatable bonds is 7. The fraction of sp³-hybridized carbons (Fsp3) is 0.0667. The van der Waals surface area contributed by atoms with Gasteiger partial charge in [-0.05, 0) is 17.6 Å². The highest BCUT2D eigenvalue weighted by molar-refractivity contribution is 7.87. The molecule has 0 saturated heterocycles. The Hall–Kier alpha value is -2.05. The molecule has 0 atom stereocenters. The zero-order chi connectivity index (χ0) is 15.1. The maximum atomic E-state index is 11.8. The Bertz CT molecular complexity index is 671. The van der Waals surface area contributed by atoms with Gasteiger partial charge in [-0.15, -0.1) is 6.58 Å². The Kier molecular flexibility index (Phi) is 5.19. The molecule has 0 fully saturated rings. The molecule has 0 radical (unpaired) electrons. The first-order valence-electron chi connectivity index (χ1n) is 6.39. The molecule has 0 aromatic heterocycles. The second-order valence-corrected chi connectivity index (χ2v) is 5.92. The van der Waals surface area contributed by atoms with Gasteiger partial charge in [-0.1, -0.05) is 54.6 Å². The minimum absolute atomic E-state index is 0.269. The summed E-state index contributed by atoms with van der Waals surface area (Å²) in [5.41, 5.74) is 0.619. The summed E-state index contributed by atoms with van der Waals surface area (Å²) in [6, 6.07) is 17.8. The fourth-order valence-electron chi connectivity index (χ4n) is 1.69. The van der Waals surface area contributed by atoms with Crippen molar-refractivity contribution >= 4 is 22.7 Å². The van der Waals surface area contributed by atoms with Crippen molar-refractivity contribution < 1.29 is 17.2 Å². The Labute approximate surface area is 125 Å². The molecule has 0 aliphatic carbocycles. The van der Waals surface area contributed by atoms with Gasteiger partial charge in [0.2, 0.25) is 0 Å². The van der Waals surface area contributed by atoms with Gasteiger partial charge in [-0.2, -0.15) is 0 Å². The first kappa shape index (κ1) is 15.3. The van der Waals surface area contributed by atoms with Crippen molar-refractivity contribution in [1.29, 1.82) is 0 Å². The van der Waals surface area contributed by atoms with Crippen molar-refractivity contribution in [3.05, 3.63) is 73.3 Å². The average molecular weight is 302 g/mol. The zero-order valence-electron chi connectivity index (χ0n) is 11.4. The summed E-state index contributed by atoms with van der Waals surface area (Å²) in [6.07, 6.45) is 1.28. The number of benzene rings is 2. The third kappa shape index (κ3) is 4.77. The van der Waals surface area contributed by atoms with Gasteiger partial charge in [0.1, 0.15) is 5.75 Å². The third-order valence-corrected chi connectivity index (χ3v) is 3.73. The van der Waals surface area contributed by atoms with Crippen LogP contribution in [-0.2, 0) is 14.2 Å². The lowest BCUT2D eigenvalue weighted by Gasteiger charge is -2.15. The van der Waals surface area contributed by atoms with E-state index < -0.39 is 17.2 Å². The van der Waals surface area contributed by atoms with Gasteiger partial charge in [0, 0.05) is 0 Å². The molecule has 0 unspecified atom stereocenters. The van der Waals surface area contributed by atoms with E-state index in [0.29, 0.717) is 11.2 Å². The summed E-state index contributed by atoms with van der Waals surface area (Å²) in [6.45, 7) is 3.41. The summed E-state index contributed by atoms with van der Waals surface area (Å²) in [4.78, 5) is 0. The predicted octanol–water partition coefficient (Wildman–Crippen LogP) is 1.99. The maximum absolute atomic E-state index is 11.8. The molecule has 0 N–H and O–H groups in total. The maximum Gasteiger partial charge on any atom is 0.577 e. The first-order chi connectivity index (χ1) is 10.1. The van der Waals surface area contributed by atoms with Gasteiger partial charge in [0.05, 0.1) is 5.75 Å². The Balaban J connectivity index is 2.25. The molecule has 0 heterocycles. The monoisotopic (exact) mass is 302 g/mol.